The number of carbonyl (C=O) groups is 2. The van der Waals surface area contributed by atoms with Crippen molar-refractivity contribution >= 4 is 23.3 Å². The molecule has 1 atom stereocenters. The van der Waals surface area contributed by atoms with Crippen LogP contribution in [0.15, 0.2) is 23.3 Å². The lowest BCUT2D eigenvalue weighted by molar-refractivity contribution is -0.139. The third-order valence-corrected chi connectivity index (χ3v) is 3.89. The van der Waals surface area contributed by atoms with E-state index >= 15 is 0 Å². The summed E-state index contributed by atoms with van der Waals surface area (Å²) >= 11 is 1.56. The molecule has 0 fully saturated rings. The smallest absolute Gasteiger partial charge is 0.326 e. The number of nitrogens with zero attached hydrogens (tertiary/aromatic N) is 1. The highest BCUT2D eigenvalue weighted by Gasteiger charge is 2.20. The van der Waals surface area contributed by atoms with E-state index in [0.29, 0.717) is 12.2 Å². The van der Waals surface area contributed by atoms with Crippen molar-refractivity contribution in [1.82, 2.24) is 20.6 Å². The third kappa shape index (κ3) is 4.32. The Morgan fingerprint density at radius 1 is 1.48 bits per heavy atom. The van der Waals surface area contributed by atoms with Crippen LogP contribution in [0.25, 0.3) is 0 Å². The van der Waals surface area contributed by atoms with E-state index in [1.807, 2.05) is 17.7 Å². The number of aromatic nitrogens is 2. The molecule has 7 nitrogen and oxygen atoms in total. The maximum atomic E-state index is 11.8. The number of H-pyrrole nitrogens is 1. The molecule has 0 radical (unpaired) electrons. The zero-order valence-electron chi connectivity index (χ0n) is 11.4. The lowest BCUT2D eigenvalue weighted by Gasteiger charge is -2.14. The number of carboxylic acid groups (broad SMARTS) is 1. The van der Waals surface area contributed by atoms with Crippen LogP contribution in [0.5, 0.6) is 0 Å². The van der Waals surface area contributed by atoms with Gasteiger partial charge in [-0.25, -0.2) is 14.6 Å². The number of carbonyl (C=O) groups excluding carboxylic acids is 1. The van der Waals surface area contributed by atoms with Crippen LogP contribution in [0.1, 0.15) is 16.8 Å². The van der Waals surface area contributed by atoms with Gasteiger partial charge < -0.3 is 20.7 Å². The number of hydrogen-bond donors (Lipinski definition) is 4. The fraction of sp³-hybridized carbons (Fsp3) is 0.308. The Kier molecular flexibility index (Phi) is 4.94. The number of rotatable bonds is 6. The minimum absolute atomic E-state index is 0.153. The standard InChI is InChI=1S/C13H16N4O3S/c1-8-5-21-6-9(8)3-15-13(20)17-11(12(18)19)2-10-4-14-7-16-10/h4-7,11H,2-3H2,1H3,(H,14,16)(H,18,19)(H2,15,17,20)/t11-/m1/s1. The normalized spacial score (nSPS) is 11.9. The largest absolute Gasteiger partial charge is 0.480 e. The number of carboxylic acids is 1. The van der Waals surface area contributed by atoms with Gasteiger partial charge in [0, 0.05) is 24.9 Å². The van der Waals surface area contributed by atoms with Gasteiger partial charge in [-0.05, 0) is 28.8 Å². The molecule has 0 saturated carbocycles. The zero-order valence-corrected chi connectivity index (χ0v) is 12.2. The number of aliphatic carboxylic acids is 1. The van der Waals surface area contributed by atoms with Crippen molar-refractivity contribution in [3.8, 4) is 0 Å². The fourth-order valence-electron chi connectivity index (χ4n) is 1.77. The predicted octanol–water partition coefficient (Wildman–Crippen LogP) is 1.27. The summed E-state index contributed by atoms with van der Waals surface area (Å²) < 4.78 is 0. The number of urea groups is 1. The number of hydrogen-bond acceptors (Lipinski definition) is 4. The zero-order chi connectivity index (χ0) is 15.2. The highest BCUT2D eigenvalue weighted by atomic mass is 32.1. The van der Waals surface area contributed by atoms with E-state index in [0.717, 1.165) is 11.1 Å². The quantitative estimate of drug-likeness (QED) is 0.644. The first-order valence-corrected chi connectivity index (χ1v) is 7.26. The summed E-state index contributed by atoms with van der Waals surface area (Å²) in [5, 5.41) is 18.2. The molecule has 0 spiro atoms. The molecule has 0 aliphatic heterocycles. The SMILES string of the molecule is Cc1cscc1CNC(=O)N[C@H](Cc1cnc[nH]1)C(=O)O. The van der Waals surface area contributed by atoms with Crippen LogP contribution < -0.4 is 10.6 Å². The number of nitrogens with one attached hydrogen (secondary N) is 3. The van der Waals surface area contributed by atoms with Crippen molar-refractivity contribution in [2.45, 2.75) is 25.9 Å². The predicted molar refractivity (Wildman–Crippen MR) is 78.1 cm³/mol. The maximum absolute atomic E-state index is 11.8. The molecule has 0 bridgehead atoms. The number of aryl methyl sites for hydroxylation is 1. The van der Waals surface area contributed by atoms with Crippen molar-refractivity contribution in [3.05, 3.63) is 40.1 Å². The van der Waals surface area contributed by atoms with E-state index in [1.54, 1.807) is 11.3 Å². The van der Waals surface area contributed by atoms with Gasteiger partial charge in [0.15, 0.2) is 0 Å². The summed E-state index contributed by atoms with van der Waals surface area (Å²) in [6.45, 7) is 2.33. The van der Waals surface area contributed by atoms with Gasteiger partial charge in [-0.3, -0.25) is 0 Å². The van der Waals surface area contributed by atoms with Crippen LogP contribution in [0.3, 0.4) is 0 Å². The summed E-state index contributed by atoms with van der Waals surface area (Å²) in [7, 11) is 0. The van der Waals surface area contributed by atoms with Crippen molar-refractivity contribution in [2.75, 3.05) is 0 Å². The molecular formula is C13H16N4O3S. The first-order chi connectivity index (χ1) is 10.1. The van der Waals surface area contributed by atoms with Crippen LogP contribution in [-0.4, -0.2) is 33.1 Å². The van der Waals surface area contributed by atoms with E-state index in [4.69, 9.17) is 5.11 Å². The molecule has 0 aliphatic carbocycles. The molecule has 2 amide bonds. The van der Waals surface area contributed by atoms with Gasteiger partial charge in [0.25, 0.3) is 0 Å². The van der Waals surface area contributed by atoms with E-state index in [9.17, 15) is 9.59 Å². The topological polar surface area (TPSA) is 107 Å². The van der Waals surface area contributed by atoms with Crippen LogP contribution in [-0.2, 0) is 17.8 Å². The maximum Gasteiger partial charge on any atom is 0.326 e. The molecule has 21 heavy (non-hydrogen) atoms. The van der Waals surface area contributed by atoms with E-state index in [-0.39, 0.29) is 6.42 Å². The van der Waals surface area contributed by atoms with Crippen molar-refractivity contribution in [1.29, 1.82) is 0 Å². The molecule has 2 rings (SSSR count). The second-order valence-corrected chi connectivity index (χ2v) is 5.32. The molecule has 0 aliphatic rings. The summed E-state index contributed by atoms with van der Waals surface area (Å²) in [6, 6.07) is -1.51. The Bertz CT molecular complexity index is 609. The molecule has 0 aromatic carbocycles. The monoisotopic (exact) mass is 308 g/mol. The van der Waals surface area contributed by atoms with Crippen LogP contribution in [0, 0.1) is 6.92 Å². The second kappa shape index (κ2) is 6.89. The summed E-state index contributed by atoms with van der Waals surface area (Å²) in [4.78, 5) is 29.6. The minimum atomic E-state index is -1.09. The van der Waals surface area contributed by atoms with E-state index < -0.39 is 18.0 Å². The summed E-state index contributed by atoms with van der Waals surface area (Å²) in [5.74, 6) is -1.09. The van der Waals surface area contributed by atoms with Crippen molar-refractivity contribution < 1.29 is 14.7 Å². The highest BCUT2D eigenvalue weighted by Crippen LogP contribution is 2.12. The molecule has 2 aromatic rings. The fourth-order valence-corrected chi connectivity index (χ4v) is 2.63. The van der Waals surface area contributed by atoms with Crippen molar-refractivity contribution in [2.24, 2.45) is 0 Å². The number of amides is 2. The molecule has 0 saturated heterocycles. The van der Waals surface area contributed by atoms with Gasteiger partial charge in [-0.2, -0.15) is 11.3 Å². The van der Waals surface area contributed by atoms with Crippen LogP contribution in [0.2, 0.25) is 0 Å². The average molecular weight is 308 g/mol. The van der Waals surface area contributed by atoms with E-state index in [1.165, 1.54) is 12.5 Å². The minimum Gasteiger partial charge on any atom is -0.480 e. The van der Waals surface area contributed by atoms with E-state index in [2.05, 4.69) is 20.6 Å². The molecule has 2 heterocycles. The number of aromatic amines is 1. The molecule has 2 aromatic heterocycles. The summed E-state index contributed by atoms with van der Waals surface area (Å²) in [6.07, 6.45) is 3.15. The lowest BCUT2D eigenvalue weighted by atomic mass is 10.1. The highest BCUT2D eigenvalue weighted by molar-refractivity contribution is 7.08. The average Bonchev–Trinajstić information content (AvgIpc) is 3.07. The molecule has 8 heteroatoms. The Hall–Kier alpha value is -2.35. The number of thiophene rings is 1. The summed E-state index contributed by atoms with van der Waals surface area (Å²) in [5.41, 5.74) is 2.78. The van der Waals surface area contributed by atoms with Crippen molar-refractivity contribution in [3.63, 3.8) is 0 Å². The van der Waals surface area contributed by atoms with Gasteiger partial charge in [-0.1, -0.05) is 0 Å². The second-order valence-electron chi connectivity index (χ2n) is 4.58. The lowest BCUT2D eigenvalue weighted by Crippen LogP contribution is -2.47. The first-order valence-electron chi connectivity index (χ1n) is 6.32. The number of imidazole rings is 1. The molecular weight excluding hydrogens is 292 g/mol. The Labute approximate surface area is 125 Å². The molecule has 4 N–H and O–H groups in total. The van der Waals surface area contributed by atoms with Crippen LogP contribution >= 0.6 is 11.3 Å². The third-order valence-electron chi connectivity index (χ3n) is 2.98. The van der Waals surface area contributed by atoms with Crippen LogP contribution in [0.4, 0.5) is 4.79 Å². The van der Waals surface area contributed by atoms with Gasteiger partial charge in [0.2, 0.25) is 0 Å². The van der Waals surface area contributed by atoms with Gasteiger partial charge >= 0.3 is 12.0 Å². The van der Waals surface area contributed by atoms with Gasteiger partial charge in [0.05, 0.1) is 6.33 Å². The first kappa shape index (κ1) is 15.0. The van der Waals surface area contributed by atoms with Gasteiger partial charge in [-0.15, -0.1) is 0 Å². The van der Waals surface area contributed by atoms with Gasteiger partial charge in [0.1, 0.15) is 6.04 Å². The Morgan fingerprint density at radius 3 is 2.86 bits per heavy atom. The molecule has 0 unspecified atom stereocenters. The molecule has 112 valence electrons. The Balaban J connectivity index is 1.86. The Morgan fingerprint density at radius 2 is 2.29 bits per heavy atom.